The standard InChI is InChI=1S/C15H19N3O/c16-15-12-5-3-8-17-13(12)6-7-14(15)18-9-2-1-4-11(18)10-19/h3,5-8,11,19H,1-2,4,9-10,16H2. The van der Waals surface area contributed by atoms with Gasteiger partial charge in [0.1, 0.15) is 0 Å². The molecule has 0 spiro atoms. The maximum atomic E-state index is 9.53. The van der Waals surface area contributed by atoms with Crippen molar-refractivity contribution in [2.75, 3.05) is 23.8 Å². The smallest absolute Gasteiger partial charge is 0.0724 e. The molecule has 4 nitrogen and oxygen atoms in total. The molecule has 3 N–H and O–H groups in total. The fourth-order valence-electron chi connectivity index (χ4n) is 2.92. The van der Waals surface area contributed by atoms with Gasteiger partial charge in [-0.25, -0.2) is 0 Å². The molecule has 1 atom stereocenters. The van der Waals surface area contributed by atoms with Gasteiger partial charge in [-0.05, 0) is 43.5 Å². The van der Waals surface area contributed by atoms with Gasteiger partial charge in [0, 0.05) is 18.1 Å². The Balaban J connectivity index is 2.06. The average molecular weight is 257 g/mol. The molecule has 4 heteroatoms. The fraction of sp³-hybridized carbons (Fsp3) is 0.400. The first-order valence-corrected chi connectivity index (χ1v) is 6.82. The summed E-state index contributed by atoms with van der Waals surface area (Å²) in [6, 6.07) is 8.12. The Morgan fingerprint density at radius 1 is 1.32 bits per heavy atom. The Hall–Kier alpha value is -1.81. The lowest BCUT2D eigenvalue weighted by Gasteiger charge is -2.37. The molecular weight excluding hydrogens is 238 g/mol. The van der Waals surface area contributed by atoms with Crippen LogP contribution in [-0.4, -0.2) is 29.3 Å². The van der Waals surface area contributed by atoms with Gasteiger partial charge < -0.3 is 15.7 Å². The number of piperidine rings is 1. The third kappa shape index (κ3) is 2.12. The van der Waals surface area contributed by atoms with E-state index in [-0.39, 0.29) is 12.6 Å². The van der Waals surface area contributed by atoms with Crippen LogP contribution in [0.5, 0.6) is 0 Å². The van der Waals surface area contributed by atoms with Crippen LogP contribution in [0.1, 0.15) is 19.3 Å². The highest BCUT2D eigenvalue weighted by molar-refractivity contribution is 5.97. The highest BCUT2D eigenvalue weighted by Gasteiger charge is 2.23. The maximum Gasteiger partial charge on any atom is 0.0724 e. The SMILES string of the molecule is Nc1c(N2CCCCC2CO)ccc2ncccc12. The molecule has 1 aliphatic heterocycles. The Labute approximate surface area is 112 Å². The van der Waals surface area contributed by atoms with E-state index in [0.29, 0.717) is 0 Å². The van der Waals surface area contributed by atoms with Gasteiger partial charge in [0.15, 0.2) is 0 Å². The highest BCUT2D eigenvalue weighted by Crippen LogP contribution is 2.34. The Morgan fingerprint density at radius 3 is 3.05 bits per heavy atom. The molecule has 1 unspecified atom stereocenters. The number of fused-ring (bicyclic) bond motifs is 1. The van der Waals surface area contributed by atoms with Gasteiger partial charge in [0.05, 0.1) is 29.5 Å². The van der Waals surface area contributed by atoms with Gasteiger partial charge in [-0.2, -0.15) is 0 Å². The van der Waals surface area contributed by atoms with E-state index in [1.807, 2.05) is 24.3 Å². The first-order valence-electron chi connectivity index (χ1n) is 6.82. The summed E-state index contributed by atoms with van der Waals surface area (Å²) in [7, 11) is 0. The molecule has 3 rings (SSSR count). The molecule has 0 bridgehead atoms. The summed E-state index contributed by atoms with van der Waals surface area (Å²) in [5.74, 6) is 0. The number of hydrogen-bond acceptors (Lipinski definition) is 4. The normalized spacial score (nSPS) is 19.8. The number of anilines is 2. The molecule has 1 aliphatic rings. The van der Waals surface area contributed by atoms with Crippen molar-refractivity contribution >= 4 is 22.3 Å². The Bertz CT molecular complexity index is 585. The molecule has 1 fully saturated rings. The van der Waals surface area contributed by atoms with Crippen LogP contribution in [0.4, 0.5) is 11.4 Å². The maximum absolute atomic E-state index is 9.53. The quantitative estimate of drug-likeness (QED) is 0.809. The number of nitrogen functional groups attached to an aromatic ring is 1. The van der Waals surface area contributed by atoms with E-state index >= 15 is 0 Å². The number of nitrogens with zero attached hydrogens (tertiary/aromatic N) is 2. The molecule has 0 saturated carbocycles. The molecule has 2 aromatic rings. The number of aromatic nitrogens is 1. The van der Waals surface area contributed by atoms with Crippen LogP contribution < -0.4 is 10.6 Å². The van der Waals surface area contributed by atoms with E-state index in [1.54, 1.807) is 6.20 Å². The molecule has 1 aromatic heterocycles. The second kappa shape index (κ2) is 5.05. The van der Waals surface area contributed by atoms with Gasteiger partial charge in [-0.3, -0.25) is 4.98 Å². The topological polar surface area (TPSA) is 62.4 Å². The van der Waals surface area contributed by atoms with Crippen molar-refractivity contribution in [1.82, 2.24) is 4.98 Å². The predicted octanol–water partition coefficient (Wildman–Crippen LogP) is 2.17. The number of nitrogens with two attached hydrogens (primary N) is 1. The van der Waals surface area contributed by atoms with Crippen molar-refractivity contribution in [2.45, 2.75) is 25.3 Å². The third-order valence-corrected chi connectivity index (χ3v) is 3.95. The lowest BCUT2D eigenvalue weighted by molar-refractivity contribution is 0.240. The van der Waals surface area contributed by atoms with Gasteiger partial charge in [0.2, 0.25) is 0 Å². The molecule has 0 radical (unpaired) electrons. The third-order valence-electron chi connectivity index (χ3n) is 3.95. The minimum atomic E-state index is 0.185. The lowest BCUT2D eigenvalue weighted by atomic mass is 10.0. The summed E-state index contributed by atoms with van der Waals surface area (Å²) in [5, 5.41) is 10.5. The predicted molar refractivity (Wildman–Crippen MR) is 78.2 cm³/mol. The number of aliphatic hydroxyl groups is 1. The Kier molecular flexibility index (Phi) is 3.25. The number of aliphatic hydroxyl groups excluding tert-OH is 1. The van der Waals surface area contributed by atoms with E-state index in [4.69, 9.17) is 5.73 Å². The van der Waals surface area contributed by atoms with E-state index in [1.165, 1.54) is 6.42 Å². The van der Waals surface area contributed by atoms with Crippen LogP contribution in [0.3, 0.4) is 0 Å². The zero-order valence-electron chi connectivity index (χ0n) is 10.9. The van der Waals surface area contributed by atoms with Gasteiger partial charge in [-0.1, -0.05) is 0 Å². The van der Waals surface area contributed by atoms with Gasteiger partial charge in [-0.15, -0.1) is 0 Å². The van der Waals surface area contributed by atoms with Crippen LogP contribution in [0.2, 0.25) is 0 Å². The summed E-state index contributed by atoms with van der Waals surface area (Å²) in [4.78, 5) is 6.56. The lowest BCUT2D eigenvalue weighted by Crippen LogP contribution is -2.42. The molecule has 1 aromatic carbocycles. The first kappa shape index (κ1) is 12.2. The minimum absolute atomic E-state index is 0.185. The van der Waals surface area contributed by atoms with Gasteiger partial charge in [0.25, 0.3) is 0 Å². The molecular formula is C15H19N3O. The summed E-state index contributed by atoms with van der Waals surface area (Å²) in [6.07, 6.45) is 5.14. The van der Waals surface area contributed by atoms with Crippen LogP contribution >= 0.6 is 0 Å². The van der Waals surface area contributed by atoms with Crippen molar-refractivity contribution in [3.8, 4) is 0 Å². The van der Waals surface area contributed by atoms with E-state index < -0.39 is 0 Å². The molecule has 100 valence electrons. The number of pyridine rings is 1. The summed E-state index contributed by atoms with van der Waals surface area (Å²) >= 11 is 0. The molecule has 0 aliphatic carbocycles. The Morgan fingerprint density at radius 2 is 2.21 bits per heavy atom. The number of benzene rings is 1. The molecule has 0 amide bonds. The molecule has 19 heavy (non-hydrogen) atoms. The fourth-order valence-corrected chi connectivity index (χ4v) is 2.92. The molecule has 1 saturated heterocycles. The van der Waals surface area contributed by atoms with Crippen LogP contribution in [0.15, 0.2) is 30.5 Å². The average Bonchev–Trinajstić information content (AvgIpc) is 2.48. The summed E-state index contributed by atoms with van der Waals surface area (Å²) in [5.41, 5.74) is 9.02. The van der Waals surface area contributed by atoms with Crippen molar-refractivity contribution in [2.24, 2.45) is 0 Å². The largest absolute Gasteiger partial charge is 0.396 e. The number of hydrogen-bond donors (Lipinski definition) is 2. The van der Waals surface area contributed by atoms with E-state index in [0.717, 1.165) is 41.7 Å². The second-order valence-electron chi connectivity index (χ2n) is 5.09. The van der Waals surface area contributed by atoms with Crippen molar-refractivity contribution in [3.63, 3.8) is 0 Å². The van der Waals surface area contributed by atoms with E-state index in [9.17, 15) is 5.11 Å². The van der Waals surface area contributed by atoms with Crippen molar-refractivity contribution in [3.05, 3.63) is 30.5 Å². The van der Waals surface area contributed by atoms with Crippen LogP contribution in [0, 0.1) is 0 Å². The highest BCUT2D eigenvalue weighted by atomic mass is 16.3. The van der Waals surface area contributed by atoms with Crippen LogP contribution in [-0.2, 0) is 0 Å². The monoisotopic (exact) mass is 257 g/mol. The summed E-state index contributed by atoms with van der Waals surface area (Å²) < 4.78 is 0. The van der Waals surface area contributed by atoms with E-state index in [2.05, 4.69) is 9.88 Å². The first-order chi connectivity index (χ1) is 9.31. The van der Waals surface area contributed by atoms with Crippen molar-refractivity contribution < 1.29 is 5.11 Å². The van der Waals surface area contributed by atoms with Crippen molar-refractivity contribution in [1.29, 1.82) is 0 Å². The van der Waals surface area contributed by atoms with Gasteiger partial charge >= 0.3 is 0 Å². The number of rotatable bonds is 2. The summed E-state index contributed by atoms with van der Waals surface area (Å²) in [6.45, 7) is 1.14. The minimum Gasteiger partial charge on any atom is -0.396 e. The zero-order chi connectivity index (χ0) is 13.2. The molecule has 2 heterocycles. The second-order valence-corrected chi connectivity index (χ2v) is 5.09. The van der Waals surface area contributed by atoms with Crippen LogP contribution in [0.25, 0.3) is 10.9 Å². The zero-order valence-corrected chi connectivity index (χ0v) is 10.9.